The van der Waals surface area contributed by atoms with Gasteiger partial charge < -0.3 is 16.4 Å². The molecule has 0 unspecified atom stereocenters. The summed E-state index contributed by atoms with van der Waals surface area (Å²) in [6.07, 6.45) is 0. The predicted octanol–water partition coefficient (Wildman–Crippen LogP) is -0.356. The molecule has 0 spiro atoms. The van der Waals surface area contributed by atoms with Gasteiger partial charge in [0, 0.05) is 0 Å². The van der Waals surface area contributed by atoms with Crippen molar-refractivity contribution in [1.82, 2.24) is 0 Å². The van der Waals surface area contributed by atoms with Gasteiger partial charge in [-0.25, -0.2) is 0 Å². The first kappa shape index (κ1) is 50.4. The van der Waals surface area contributed by atoms with Gasteiger partial charge in [0.2, 0.25) is 0 Å². The second kappa shape index (κ2) is 31.3. The van der Waals surface area contributed by atoms with Gasteiger partial charge in [0.05, 0.1) is 0 Å². The van der Waals surface area contributed by atoms with Crippen LogP contribution in [0.25, 0.3) is 0 Å². The van der Waals surface area contributed by atoms with E-state index in [-0.39, 0.29) is 95.9 Å². The summed E-state index contributed by atoms with van der Waals surface area (Å²) in [5, 5.41) is 0. The van der Waals surface area contributed by atoms with Crippen molar-refractivity contribution in [3.8, 4) is 0 Å². The SMILES string of the molecule is [Dy+3].[O-2].[O-2].[O-2].[Pr+3]. The topological polar surface area (TPSA) is 85.5 Å². The Bertz CT molecular complexity index is 6.85. The average molecular weight is 351 g/mol. The second-order valence-electron chi connectivity index (χ2n) is 0. The summed E-state index contributed by atoms with van der Waals surface area (Å²) in [6.45, 7) is 0. The summed E-state index contributed by atoms with van der Waals surface area (Å²) in [7, 11) is 0. The summed E-state index contributed by atoms with van der Waals surface area (Å²) < 4.78 is 0. The zero-order chi connectivity index (χ0) is 0. The molecule has 1 radical (unpaired) electrons. The first-order valence-electron chi connectivity index (χ1n) is 0. The van der Waals surface area contributed by atoms with E-state index in [1.54, 1.807) is 0 Å². The molecule has 0 aromatic heterocycles. The molecule has 0 saturated heterocycles. The van der Waals surface area contributed by atoms with Crippen LogP contribution in [0.4, 0.5) is 0 Å². The van der Waals surface area contributed by atoms with Gasteiger partial charge in [0.15, 0.2) is 0 Å². The zero-order valence-electron chi connectivity index (χ0n) is 2.12. The van der Waals surface area contributed by atoms with E-state index < -0.39 is 0 Å². The van der Waals surface area contributed by atoms with Gasteiger partial charge in [-0.05, 0) is 0 Å². The molecule has 0 bridgehead atoms. The van der Waals surface area contributed by atoms with E-state index in [9.17, 15) is 0 Å². The summed E-state index contributed by atoms with van der Waals surface area (Å²) >= 11 is 0. The molecular weight excluding hydrogens is 351 g/mol. The van der Waals surface area contributed by atoms with Gasteiger partial charge in [-0.3, -0.25) is 0 Å². The molecule has 0 aliphatic heterocycles. The Kier molecular flexibility index (Phi) is 316. The van der Waals surface area contributed by atoms with Crippen molar-refractivity contribution in [3.63, 3.8) is 0 Å². The maximum Gasteiger partial charge on any atom is 3.00 e. The van der Waals surface area contributed by atoms with E-state index in [1.807, 2.05) is 0 Å². The van der Waals surface area contributed by atoms with Crippen molar-refractivity contribution >= 4 is 0 Å². The van der Waals surface area contributed by atoms with E-state index in [2.05, 4.69) is 0 Å². The maximum atomic E-state index is 0. The molecule has 0 rings (SSSR count). The van der Waals surface area contributed by atoms with Crippen LogP contribution in [0.15, 0.2) is 0 Å². The minimum atomic E-state index is 0. The largest absolute Gasteiger partial charge is 3.00 e. The molecule has 5 heavy (non-hydrogen) atoms. The molecule has 5 heteroatoms. The number of hydrogen-bond acceptors (Lipinski definition) is 0. The Labute approximate surface area is 93.8 Å². The minimum Gasteiger partial charge on any atom is -2.00 e. The Balaban J connectivity index is 0. The molecule has 0 aromatic carbocycles. The van der Waals surface area contributed by atoms with Crippen molar-refractivity contribution < 1.29 is 95.9 Å². The molecule has 0 fully saturated rings. The van der Waals surface area contributed by atoms with Gasteiger partial charge in [0.1, 0.15) is 0 Å². The Hall–Kier alpha value is 2.52. The van der Waals surface area contributed by atoms with E-state index in [4.69, 9.17) is 0 Å². The molecule has 0 aromatic rings. The van der Waals surface area contributed by atoms with Crippen LogP contribution in [0.3, 0.4) is 0 Å². The quantitative estimate of drug-likeness (QED) is 0.571. The first-order valence-corrected chi connectivity index (χ1v) is 0. The predicted molar refractivity (Wildman–Crippen MR) is 2.06 cm³/mol. The third-order valence-corrected chi connectivity index (χ3v) is 0. The number of rotatable bonds is 0. The van der Waals surface area contributed by atoms with E-state index in [1.165, 1.54) is 0 Å². The van der Waals surface area contributed by atoms with Crippen LogP contribution in [0.5, 0.6) is 0 Å². The second-order valence-corrected chi connectivity index (χ2v) is 0. The van der Waals surface area contributed by atoms with Crippen LogP contribution in [-0.2, 0) is 16.4 Å². The zero-order valence-corrected chi connectivity index (χ0v) is 7.85. The maximum absolute atomic E-state index is 0. The van der Waals surface area contributed by atoms with E-state index in [0.29, 0.717) is 0 Å². The molecular formula is DyO3Pr. The summed E-state index contributed by atoms with van der Waals surface area (Å²) in [5.74, 6) is 0. The van der Waals surface area contributed by atoms with Crippen LogP contribution in [0.1, 0.15) is 0 Å². The molecule has 0 N–H and O–H groups in total. The van der Waals surface area contributed by atoms with E-state index >= 15 is 0 Å². The van der Waals surface area contributed by atoms with Gasteiger partial charge in [-0.2, -0.15) is 0 Å². The molecule has 31 valence electrons. The van der Waals surface area contributed by atoms with E-state index in [0.717, 1.165) is 0 Å². The normalized spacial score (nSPS) is 0. The van der Waals surface area contributed by atoms with Crippen molar-refractivity contribution in [3.05, 3.63) is 0 Å². The van der Waals surface area contributed by atoms with Gasteiger partial charge in [-0.1, -0.05) is 0 Å². The van der Waals surface area contributed by atoms with Crippen LogP contribution < -0.4 is 0 Å². The minimum absolute atomic E-state index is 0. The van der Waals surface area contributed by atoms with Gasteiger partial charge in [-0.15, -0.1) is 0 Å². The Morgan fingerprint density at radius 2 is 0.600 bits per heavy atom. The molecule has 0 aliphatic rings. The fraction of sp³-hybridized carbons (Fsp3) is 0. The van der Waals surface area contributed by atoms with Crippen molar-refractivity contribution in [2.75, 3.05) is 0 Å². The first-order chi connectivity index (χ1) is 0. The summed E-state index contributed by atoms with van der Waals surface area (Å²) in [6, 6.07) is 0. The smallest absolute Gasteiger partial charge is 2.00 e. The summed E-state index contributed by atoms with van der Waals surface area (Å²) in [5.41, 5.74) is 0. The van der Waals surface area contributed by atoms with Gasteiger partial charge in [0.25, 0.3) is 0 Å². The molecule has 0 saturated carbocycles. The number of hydrogen-bond donors (Lipinski definition) is 0. The molecule has 0 aliphatic carbocycles. The average Bonchev–Trinajstić information content (AvgIpc) is 0. The summed E-state index contributed by atoms with van der Waals surface area (Å²) in [4.78, 5) is 0. The fourth-order valence-corrected chi connectivity index (χ4v) is 0. The van der Waals surface area contributed by atoms with Crippen LogP contribution in [0, 0.1) is 79.5 Å². The molecule has 0 heterocycles. The van der Waals surface area contributed by atoms with Crippen molar-refractivity contribution in [2.45, 2.75) is 0 Å². The standard InChI is InChI=1S/Dy.3O.Pr/q+3;3*-2;+3. The molecule has 3 nitrogen and oxygen atoms in total. The van der Waals surface area contributed by atoms with Crippen LogP contribution >= 0.6 is 0 Å². The molecule has 0 atom stereocenters. The third-order valence-electron chi connectivity index (χ3n) is 0. The Morgan fingerprint density at radius 1 is 0.600 bits per heavy atom. The third kappa shape index (κ3) is 21.0. The van der Waals surface area contributed by atoms with Crippen molar-refractivity contribution in [1.29, 1.82) is 0 Å². The van der Waals surface area contributed by atoms with Gasteiger partial charge >= 0.3 is 79.5 Å². The molecule has 0 amide bonds. The van der Waals surface area contributed by atoms with Crippen LogP contribution in [0.2, 0.25) is 0 Å². The van der Waals surface area contributed by atoms with Crippen LogP contribution in [-0.4, -0.2) is 0 Å². The fourth-order valence-electron chi connectivity index (χ4n) is 0. The Morgan fingerprint density at radius 3 is 0.600 bits per heavy atom. The monoisotopic (exact) mass is 353 g/mol. The van der Waals surface area contributed by atoms with Crippen molar-refractivity contribution in [2.24, 2.45) is 0 Å².